The number of carbonyl (C=O) groups excluding carboxylic acids is 1. The Balaban J connectivity index is 1.38. The molecule has 2 aromatic heterocycles. The van der Waals surface area contributed by atoms with Crippen molar-refractivity contribution in [1.29, 1.82) is 0 Å². The first kappa shape index (κ1) is 19.9. The summed E-state index contributed by atoms with van der Waals surface area (Å²) in [6, 6.07) is 13.2. The Kier molecular flexibility index (Phi) is 5.67. The van der Waals surface area contributed by atoms with Crippen LogP contribution in [0.25, 0.3) is 22.6 Å². The Morgan fingerprint density at radius 1 is 1.10 bits per heavy atom. The molecule has 0 fully saturated rings. The van der Waals surface area contributed by atoms with Gasteiger partial charge in [-0.05, 0) is 25.1 Å². The van der Waals surface area contributed by atoms with Crippen LogP contribution < -0.4 is 5.32 Å². The van der Waals surface area contributed by atoms with Crippen LogP contribution in [0.1, 0.15) is 17.2 Å². The summed E-state index contributed by atoms with van der Waals surface area (Å²) in [6.45, 7) is 1.81. The zero-order chi connectivity index (χ0) is 21.1. The number of hydrogen-bond acceptors (Lipinski definition) is 5. The molecule has 0 aliphatic rings. The van der Waals surface area contributed by atoms with Crippen molar-refractivity contribution in [2.45, 2.75) is 19.8 Å². The minimum atomic E-state index is -0.939. The summed E-state index contributed by atoms with van der Waals surface area (Å²) in [6.07, 6.45) is 2.16. The summed E-state index contributed by atoms with van der Waals surface area (Å²) in [7, 11) is 0. The van der Waals surface area contributed by atoms with Crippen molar-refractivity contribution < 1.29 is 18.0 Å². The summed E-state index contributed by atoms with van der Waals surface area (Å²) in [5.74, 6) is -0.965. The van der Waals surface area contributed by atoms with Crippen LogP contribution >= 0.6 is 11.3 Å². The molecule has 4 rings (SSSR count). The van der Waals surface area contributed by atoms with Gasteiger partial charge < -0.3 is 9.73 Å². The predicted octanol–water partition coefficient (Wildman–Crippen LogP) is 5.62. The number of benzene rings is 2. The second-order valence-electron chi connectivity index (χ2n) is 6.59. The fourth-order valence-corrected chi connectivity index (χ4v) is 3.78. The van der Waals surface area contributed by atoms with E-state index >= 15 is 0 Å². The number of thiazole rings is 1. The Morgan fingerprint density at radius 2 is 1.90 bits per heavy atom. The molecule has 4 aromatic rings. The lowest BCUT2D eigenvalue weighted by atomic mass is 10.1. The van der Waals surface area contributed by atoms with Gasteiger partial charge in [-0.1, -0.05) is 30.3 Å². The van der Waals surface area contributed by atoms with Gasteiger partial charge in [0.15, 0.2) is 28.4 Å². The molecule has 0 spiro atoms. The third kappa shape index (κ3) is 4.44. The van der Waals surface area contributed by atoms with E-state index in [1.54, 1.807) is 6.20 Å². The maximum Gasteiger partial charge on any atom is 0.226 e. The molecule has 0 aliphatic heterocycles. The van der Waals surface area contributed by atoms with Crippen LogP contribution in [0.2, 0.25) is 0 Å². The van der Waals surface area contributed by atoms with Crippen LogP contribution in [-0.4, -0.2) is 15.9 Å². The standard InChI is InChI=1S/C22H17F2N3O2S/c1-13-21(15-7-8-16(23)17(24)11-15)27-22(30-13)26-19(28)9-10-20-25-12-18(29-20)14-5-3-2-4-6-14/h2-8,11-12H,9-10H2,1H3,(H,26,27,28). The van der Waals surface area contributed by atoms with E-state index in [-0.39, 0.29) is 12.3 Å². The van der Waals surface area contributed by atoms with Gasteiger partial charge >= 0.3 is 0 Å². The molecule has 1 N–H and O–H groups in total. The molecule has 5 nitrogen and oxygen atoms in total. The van der Waals surface area contributed by atoms with Crippen LogP contribution in [0.4, 0.5) is 13.9 Å². The number of aromatic nitrogens is 2. The van der Waals surface area contributed by atoms with Gasteiger partial charge in [0.05, 0.1) is 11.9 Å². The van der Waals surface area contributed by atoms with Crippen molar-refractivity contribution in [1.82, 2.24) is 9.97 Å². The highest BCUT2D eigenvalue weighted by Gasteiger charge is 2.15. The Morgan fingerprint density at radius 3 is 2.67 bits per heavy atom. The molecule has 0 aliphatic carbocycles. The Bertz CT molecular complexity index is 1190. The molecule has 2 heterocycles. The van der Waals surface area contributed by atoms with E-state index in [4.69, 9.17) is 4.42 Å². The quantitative estimate of drug-likeness (QED) is 0.435. The molecular weight excluding hydrogens is 408 g/mol. The van der Waals surface area contributed by atoms with E-state index in [0.717, 1.165) is 22.6 Å². The molecule has 0 saturated carbocycles. The van der Waals surface area contributed by atoms with E-state index in [0.29, 0.717) is 34.5 Å². The van der Waals surface area contributed by atoms with E-state index in [1.165, 1.54) is 17.4 Å². The van der Waals surface area contributed by atoms with Gasteiger partial charge in [0.2, 0.25) is 5.91 Å². The van der Waals surface area contributed by atoms with E-state index in [1.807, 2.05) is 37.3 Å². The van der Waals surface area contributed by atoms with Gasteiger partial charge in [0.25, 0.3) is 0 Å². The van der Waals surface area contributed by atoms with Crippen molar-refractivity contribution >= 4 is 22.4 Å². The van der Waals surface area contributed by atoms with E-state index in [2.05, 4.69) is 15.3 Å². The third-order valence-electron chi connectivity index (χ3n) is 4.41. The third-order valence-corrected chi connectivity index (χ3v) is 5.30. The molecule has 8 heteroatoms. The first-order chi connectivity index (χ1) is 14.5. The van der Waals surface area contributed by atoms with Crippen LogP contribution in [0.5, 0.6) is 0 Å². The summed E-state index contributed by atoms with van der Waals surface area (Å²) in [5, 5.41) is 3.14. The zero-order valence-electron chi connectivity index (χ0n) is 16.0. The number of nitrogens with zero attached hydrogens (tertiary/aromatic N) is 2. The maximum absolute atomic E-state index is 13.5. The number of halogens is 2. The lowest BCUT2D eigenvalue weighted by Gasteiger charge is -2.01. The number of aryl methyl sites for hydroxylation is 2. The second kappa shape index (κ2) is 8.54. The summed E-state index contributed by atoms with van der Waals surface area (Å²) >= 11 is 1.27. The molecule has 30 heavy (non-hydrogen) atoms. The topological polar surface area (TPSA) is 68.0 Å². The number of hydrogen-bond donors (Lipinski definition) is 1. The molecule has 0 atom stereocenters. The fraction of sp³-hybridized carbons (Fsp3) is 0.136. The molecule has 0 radical (unpaired) electrons. The average molecular weight is 425 g/mol. The first-order valence-corrected chi connectivity index (χ1v) is 10.0. The molecule has 0 bridgehead atoms. The second-order valence-corrected chi connectivity index (χ2v) is 7.79. The molecule has 0 unspecified atom stereocenters. The smallest absolute Gasteiger partial charge is 0.226 e. The fourth-order valence-electron chi connectivity index (χ4n) is 2.93. The minimum absolute atomic E-state index is 0.174. The summed E-state index contributed by atoms with van der Waals surface area (Å²) < 4.78 is 32.4. The number of rotatable bonds is 6. The van der Waals surface area contributed by atoms with E-state index in [9.17, 15) is 13.6 Å². The number of amides is 1. The van der Waals surface area contributed by atoms with Crippen molar-refractivity contribution in [3.63, 3.8) is 0 Å². The summed E-state index contributed by atoms with van der Waals surface area (Å²) in [5.41, 5.74) is 1.88. The van der Waals surface area contributed by atoms with Crippen molar-refractivity contribution in [2.75, 3.05) is 5.32 Å². The average Bonchev–Trinajstić information content (AvgIpc) is 3.36. The normalized spacial score (nSPS) is 10.9. The highest BCUT2D eigenvalue weighted by molar-refractivity contribution is 7.16. The molecule has 1 amide bonds. The number of anilines is 1. The van der Waals surface area contributed by atoms with Gasteiger partial charge in [0.1, 0.15) is 0 Å². The highest BCUT2D eigenvalue weighted by Crippen LogP contribution is 2.31. The molecular formula is C22H17F2N3O2S. The molecule has 2 aromatic carbocycles. The zero-order valence-corrected chi connectivity index (χ0v) is 16.8. The van der Waals surface area contributed by atoms with Crippen molar-refractivity contribution in [2.24, 2.45) is 0 Å². The first-order valence-electron chi connectivity index (χ1n) is 9.22. The van der Waals surface area contributed by atoms with Crippen LogP contribution in [0, 0.1) is 18.6 Å². The van der Waals surface area contributed by atoms with Gasteiger partial charge in [-0.25, -0.2) is 18.7 Å². The number of nitrogens with one attached hydrogen (secondary N) is 1. The van der Waals surface area contributed by atoms with Gasteiger partial charge in [-0.15, -0.1) is 11.3 Å². The number of carbonyl (C=O) groups is 1. The van der Waals surface area contributed by atoms with Gasteiger partial charge in [0, 0.05) is 28.8 Å². The minimum Gasteiger partial charge on any atom is -0.441 e. The van der Waals surface area contributed by atoms with Gasteiger partial charge in [-0.3, -0.25) is 4.79 Å². The lowest BCUT2D eigenvalue weighted by Crippen LogP contribution is -2.12. The molecule has 0 saturated heterocycles. The van der Waals surface area contributed by atoms with Gasteiger partial charge in [-0.2, -0.15) is 0 Å². The van der Waals surface area contributed by atoms with Crippen LogP contribution in [0.3, 0.4) is 0 Å². The Hall–Kier alpha value is -3.39. The van der Waals surface area contributed by atoms with Crippen LogP contribution in [-0.2, 0) is 11.2 Å². The largest absolute Gasteiger partial charge is 0.441 e. The monoisotopic (exact) mass is 425 g/mol. The molecule has 152 valence electrons. The number of oxazole rings is 1. The SMILES string of the molecule is Cc1sc(NC(=O)CCc2ncc(-c3ccccc3)o2)nc1-c1ccc(F)c(F)c1. The van der Waals surface area contributed by atoms with Crippen LogP contribution in [0.15, 0.2) is 59.1 Å². The van der Waals surface area contributed by atoms with E-state index < -0.39 is 11.6 Å². The summed E-state index contributed by atoms with van der Waals surface area (Å²) in [4.78, 5) is 21.7. The maximum atomic E-state index is 13.5. The highest BCUT2D eigenvalue weighted by atomic mass is 32.1. The predicted molar refractivity (Wildman–Crippen MR) is 111 cm³/mol. The van der Waals surface area contributed by atoms with Crippen molar-refractivity contribution in [3.05, 3.63) is 77.1 Å². The lowest BCUT2D eigenvalue weighted by molar-refractivity contribution is -0.116. The Labute approximate surface area is 175 Å². The van der Waals surface area contributed by atoms with Crippen molar-refractivity contribution in [3.8, 4) is 22.6 Å².